The van der Waals surface area contributed by atoms with Gasteiger partial charge >= 0.3 is 0 Å². The Kier molecular flexibility index (Phi) is 5.79. The molecule has 168 valence electrons. The zero-order valence-corrected chi connectivity index (χ0v) is 17.7. The van der Waals surface area contributed by atoms with Crippen molar-refractivity contribution in [1.29, 1.82) is 0 Å². The standard InChI is InChI=1S/C22H24F2N6O2/c1-14-20(30(28-27-14)17-2-3-19(22(23)24)25-10-17)13-32-21-8-15-4-6-29(11-16(15)9-26-21)18-5-7-31-12-18/h2-3,8-10,18,22H,4-7,11-13H2,1H3. The number of hydrogen-bond donors (Lipinski definition) is 0. The molecule has 0 saturated carbocycles. The molecular formula is C22H24F2N6O2. The molecule has 0 spiro atoms. The molecule has 2 aliphatic heterocycles. The Morgan fingerprint density at radius 3 is 2.88 bits per heavy atom. The molecule has 0 aliphatic carbocycles. The summed E-state index contributed by atoms with van der Waals surface area (Å²) in [5, 5.41) is 8.21. The number of halogens is 2. The van der Waals surface area contributed by atoms with Crippen molar-refractivity contribution in [3.8, 4) is 11.6 Å². The van der Waals surface area contributed by atoms with Gasteiger partial charge in [0.25, 0.3) is 6.43 Å². The highest BCUT2D eigenvalue weighted by Crippen LogP contribution is 2.26. The van der Waals surface area contributed by atoms with Gasteiger partial charge in [0.15, 0.2) is 0 Å². The third-order valence-electron chi connectivity index (χ3n) is 6.07. The van der Waals surface area contributed by atoms with Crippen molar-refractivity contribution in [1.82, 2.24) is 29.9 Å². The van der Waals surface area contributed by atoms with Crippen LogP contribution < -0.4 is 4.74 Å². The van der Waals surface area contributed by atoms with Gasteiger partial charge in [-0.1, -0.05) is 5.21 Å². The van der Waals surface area contributed by atoms with Gasteiger partial charge in [0.1, 0.15) is 18.0 Å². The predicted octanol–water partition coefficient (Wildman–Crippen LogP) is 3.03. The summed E-state index contributed by atoms with van der Waals surface area (Å²) in [5.74, 6) is 0.541. The number of ether oxygens (including phenoxy) is 2. The van der Waals surface area contributed by atoms with Crippen LogP contribution in [0.15, 0.2) is 30.6 Å². The summed E-state index contributed by atoms with van der Waals surface area (Å²) in [4.78, 5) is 10.8. The van der Waals surface area contributed by atoms with Crippen LogP contribution in [0, 0.1) is 6.92 Å². The first-order valence-electron chi connectivity index (χ1n) is 10.7. The maximum absolute atomic E-state index is 12.8. The van der Waals surface area contributed by atoms with Gasteiger partial charge in [0.2, 0.25) is 5.88 Å². The maximum Gasteiger partial charge on any atom is 0.280 e. The minimum Gasteiger partial charge on any atom is -0.471 e. The molecule has 2 aliphatic rings. The van der Waals surface area contributed by atoms with Gasteiger partial charge in [-0.15, -0.1) is 5.10 Å². The number of pyridine rings is 2. The zero-order valence-electron chi connectivity index (χ0n) is 17.7. The Hall–Kier alpha value is -2.98. The fourth-order valence-electron chi connectivity index (χ4n) is 4.19. The summed E-state index contributed by atoms with van der Waals surface area (Å²) in [6.07, 6.45) is 2.67. The van der Waals surface area contributed by atoms with E-state index in [0.29, 0.717) is 29.0 Å². The molecule has 3 aromatic rings. The van der Waals surface area contributed by atoms with Crippen LogP contribution in [-0.4, -0.2) is 55.7 Å². The SMILES string of the molecule is Cc1nnn(-c2ccc(C(F)F)nc2)c1COc1cc2c(cn1)CN(C1CCOC1)CC2. The van der Waals surface area contributed by atoms with Gasteiger partial charge in [-0.3, -0.25) is 9.88 Å². The van der Waals surface area contributed by atoms with E-state index < -0.39 is 6.43 Å². The number of alkyl halides is 2. The van der Waals surface area contributed by atoms with Crippen LogP contribution in [0.5, 0.6) is 5.88 Å². The van der Waals surface area contributed by atoms with Crippen LogP contribution in [0.25, 0.3) is 5.69 Å². The lowest BCUT2D eigenvalue weighted by Gasteiger charge is -2.32. The smallest absolute Gasteiger partial charge is 0.280 e. The Bertz CT molecular complexity index is 1080. The number of aryl methyl sites for hydroxylation is 1. The number of hydrogen-bond acceptors (Lipinski definition) is 7. The molecule has 0 radical (unpaired) electrons. The second-order valence-corrected chi connectivity index (χ2v) is 8.09. The molecule has 5 rings (SSSR count). The maximum atomic E-state index is 12.8. The van der Waals surface area contributed by atoms with Crippen LogP contribution >= 0.6 is 0 Å². The molecule has 8 nitrogen and oxygen atoms in total. The van der Waals surface area contributed by atoms with Gasteiger partial charge in [0, 0.05) is 38.0 Å². The van der Waals surface area contributed by atoms with Crippen LogP contribution in [0.1, 0.15) is 41.1 Å². The fourth-order valence-corrected chi connectivity index (χ4v) is 4.19. The first-order chi connectivity index (χ1) is 15.6. The van der Waals surface area contributed by atoms with E-state index in [9.17, 15) is 8.78 Å². The average molecular weight is 442 g/mol. The van der Waals surface area contributed by atoms with Crippen molar-refractivity contribution in [2.24, 2.45) is 0 Å². The molecule has 10 heteroatoms. The molecule has 32 heavy (non-hydrogen) atoms. The third kappa shape index (κ3) is 4.20. The fraction of sp³-hybridized carbons (Fsp3) is 0.455. The van der Waals surface area contributed by atoms with Gasteiger partial charge in [-0.05, 0) is 43.0 Å². The second kappa shape index (κ2) is 8.87. The largest absolute Gasteiger partial charge is 0.471 e. The highest BCUT2D eigenvalue weighted by atomic mass is 19.3. The lowest BCUT2D eigenvalue weighted by atomic mass is 10.0. The summed E-state index contributed by atoms with van der Waals surface area (Å²) >= 11 is 0. The van der Waals surface area contributed by atoms with Crippen molar-refractivity contribution in [3.05, 3.63) is 58.8 Å². The van der Waals surface area contributed by atoms with Gasteiger partial charge in [0.05, 0.1) is 24.2 Å². The van der Waals surface area contributed by atoms with E-state index >= 15 is 0 Å². The van der Waals surface area contributed by atoms with Gasteiger partial charge in [-0.25, -0.2) is 18.4 Å². The van der Waals surface area contributed by atoms with E-state index in [-0.39, 0.29) is 12.3 Å². The van der Waals surface area contributed by atoms with Crippen LogP contribution in [0.2, 0.25) is 0 Å². The molecule has 1 atom stereocenters. The van der Waals surface area contributed by atoms with Gasteiger partial charge in [-0.2, -0.15) is 0 Å². The number of fused-ring (bicyclic) bond motifs is 1. The van der Waals surface area contributed by atoms with E-state index in [1.54, 1.807) is 10.7 Å². The highest BCUT2D eigenvalue weighted by molar-refractivity contribution is 5.33. The minimum atomic E-state index is -2.61. The molecule has 1 saturated heterocycles. The topological polar surface area (TPSA) is 78.2 Å². The van der Waals surface area contributed by atoms with E-state index in [0.717, 1.165) is 39.1 Å². The molecule has 1 unspecified atom stereocenters. The molecule has 0 aromatic carbocycles. The third-order valence-corrected chi connectivity index (χ3v) is 6.07. The summed E-state index contributed by atoms with van der Waals surface area (Å²) in [7, 11) is 0. The first kappa shape index (κ1) is 20.9. The number of nitrogens with zero attached hydrogens (tertiary/aromatic N) is 6. The molecule has 0 N–H and O–H groups in total. The Morgan fingerprint density at radius 1 is 1.22 bits per heavy atom. The molecule has 1 fully saturated rings. The molecular weight excluding hydrogens is 418 g/mol. The van der Waals surface area contributed by atoms with E-state index in [1.165, 1.54) is 23.4 Å². The highest BCUT2D eigenvalue weighted by Gasteiger charge is 2.27. The van der Waals surface area contributed by atoms with E-state index in [1.807, 2.05) is 19.2 Å². The lowest BCUT2D eigenvalue weighted by molar-refractivity contribution is 0.134. The predicted molar refractivity (Wildman–Crippen MR) is 111 cm³/mol. The van der Waals surface area contributed by atoms with Crippen LogP contribution in [-0.2, 0) is 24.3 Å². The summed E-state index contributed by atoms with van der Waals surface area (Å²) < 4.78 is 38.6. The Labute approximate surface area is 184 Å². The first-order valence-corrected chi connectivity index (χ1v) is 10.7. The molecule has 0 amide bonds. The van der Waals surface area contributed by atoms with Crippen LogP contribution in [0.3, 0.4) is 0 Å². The second-order valence-electron chi connectivity index (χ2n) is 8.09. The summed E-state index contributed by atoms with van der Waals surface area (Å²) in [6, 6.07) is 5.33. The van der Waals surface area contributed by atoms with Crippen molar-refractivity contribution in [2.45, 2.75) is 45.4 Å². The Morgan fingerprint density at radius 2 is 2.12 bits per heavy atom. The zero-order chi connectivity index (χ0) is 22.1. The molecule has 5 heterocycles. The molecule has 3 aromatic heterocycles. The van der Waals surface area contributed by atoms with Crippen molar-refractivity contribution in [3.63, 3.8) is 0 Å². The average Bonchev–Trinajstić information content (AvgIpc) is 3.47. The minimum absolute atomic E-state index is 0.201. The summed E-state index contributed by atoms with van der Waals surface area (Å²) in [6.45, 7) is 5.56. The van der Waals surface area contributed by atoms with Crippen molar-refractivity contribution < 1.29 is 18.3 Å². The number of aromatic nitrogens is 5. The lowest BCUT2D eigenvalue weighted by Crippen LogP contribution is -2.39. The van der Waals surface area contributed by atoms with Gasteiger partial charge < -0.3 is 9.47 Å². The van der Waals surface area contributed by atoms with E-state index in [4.69, 9.17) is 9.47 Å². The Balaban J connectivity index is 1.28. The number of rotatable bonds is 6. The summed E-state index contributed by atoms with van der Waals surface area (Å²) in [5.41, 5.74) is 4.14. The van der Waals surface area contributed by atoms with Crippen molar-refractivity contribution >= 4 is 0 Å². The quantitative estimate of drug-likeness (QED) is 0.581. The van der Waals surface area contributed by atoms with Crippen LogP contribution in [0.4, 0.5) is 8.78 Å². The normalized spacial score (nSPS) is 18.8. The van der Waals surface area contributed by atoms with Crippen molar-refractivity contribution in [2.75, 3.05) is 19.8 Å². The molecule has 0 bridgehead atoms. The van der Waals surface area contributed by atoms with E-state index in [2.05, 4.69) is 25.2 Å². The monoisotopic (exact) mass is 442 g/mol.